The lowest BCUT2D eigenvalue weighted by molar-refractivity contribution is -0.121. The molecule has 0 bridgehead atoms. The Labute approximate surface area is 156 Å². The third-order valence-electron chi connectivity index (χ3n) is 4.23. The monoisotopic (exact) mass is 369 g/mol. The van der Waals surface area contributed by atoms with Crippen LogP contribution in [0.1, 0.15) is 37.2 Å². The summed E-state index contributed by atoms with van der Waals surface area (Å²) in [4.78, 5) is 31.4. The zero-order valence-corrected chi connectivity index (χ0v) is 15.2. The minimum absolute atomic E-state index is 0.0319. The normalized spacial score (nSPS) is 12.1. The molecule has 1 aromatic heterocycles. The highest BCUT2D eigenvalue weighted by molar-refractivity contribution is 6.30. The number of aryl methyl sites for hydroxylation is 1. The number of H-pyrrole nitrogens is 1. The van der Waals surface area contributed by atoms with Gasteiger partial charge in [0.2, 0.25) is 5.91 Å². The highest BCUT2D eigenvalue weighted by Gasteiger charge is 2.10. The third-order valence-corrected chi connectivity index (χ3v) is 4.48. The largest absolute Gasteiger partial charge is 0.350 e. The molecule has 0 saturated heterocycles. The van der Waals surface area contributed by atoms with Gasteiger partial charge in [0.05, 0.1) is 16.9 Å². The molecule has 0 saturated carbocycles. The number of benzene rings is 2. The van der Waals surface area contributed by atoms with E-state index in [1.807, 2.05) is 37.3 Å². The van der Waals surface area contributed by atoms with Crippen molar-refractivity contribution in [2.45, 2.75) is 32.2 Å². The molecule has 1 unspecified atom stereocenters. The van der Waals surface area contributed by atoms with E-state index in [1.165, 1.54) is 0 Å². The van der Waals surface area contributed by atoms with E-state index in [-0.39, 0.29) is 17.5 Å². The van der Waals surface area contributed by atoms with Crippen molar-refractivity contribution in [3.05, 3.63) is 75.3 Å². The van der Waals surface area contributed by atoms with Gasteiger partial charge in [-0.3, -0.25) is 9.59 Å². The number of carbonyl (C=O) groups is 1. The summed E-state index contributed by atoms with van der Waals surface area (Å²) in [5, 5.41) is 4.21. The van der Waals surface area contributed by atoms with E-state index < -0.39 is 0 Å². The third kappa shape index (κ3) is 4.49. The number of para-hydroxylation sites is 1. The van der Waals surface area contributed by atoms with Crippen molar-refractivity contribution < 1.29 is 4.79 Å². The average molecular weight is 370 g/mol. The number of fused-ring (bicyclic) bond motifs is 1. The second kappa shape index (κ2) is 8.15. The van der Waals surface area contributed by atoms with Crippen LogP contribution in [0.25, 0.3) is 10.9 Å². The van der Waals surface area contributed by atoms with Crippen LogP contribution in [0.2, 0.25) is 5.02 Å². The van der Waals surface area contributed by atoms with Gasteiger partial charge < -0.3 is 10.3 Å². The first-order chi connectivity index (χ1) is 12.5. The smallest absolute Gasteiger partial charge is 0.258 e. The zero-order chi connectivity index (χ0) is 18.5. The number of carbonyl (C=O) groups excluding carboxylic acids is 1. The Morgan fingerprint density at radius 1 is 1.19 bits per heavy atom. The van der Waals surface area contributed by atoms with Gasteiger partial charge in [-0.15, -0.1) is 0 Å². The number of hydrogen-bond donors (Lipinski definition) is 2. The molecule has 5 nitrogen and oxygen atoms in total. The van der Waals surface area contributed by atoms with E-state index in [0.717, 1.165) is 5.56 Å². The number of nitrogens with zero attached hydrogens (tertiary/aromatic N) is 1. The lowest BCUT2D eigenvalue weighted by Crippen LogP contribution is -2.26. The van der Waals surface area contributed by atoms with Gasteiger partial charge in [-0.1, -0.05) is 35.9 Å². The minimum Gasteiger partial charge on any atom is -0.350 e. The van der Waals surface area contributed by atoms with E-state index in [2.05, 4.69) is 15.3 Å². The van der Waals surface area contributed by atoms with Crippen LogP contribution in [0.15, 0.2) is 53.3 Å². The quantitative estimate of drug-likeness (QED) is 0.694. The van der Waals surface area contributed by atoms with Crippen molar-refractivity contribution >= 4 is 28.4 Å². The predicted octanol–water partition coefficient (Wildman–Crippen LogP) is 3.78. The number of amides is 1. The van der Waals surface area contributed by atoms with Gasteiger partial charge in [0.15, 0.2) is 0 Å². The van der Waals surface area contributed by atoms with Gasteiger partial charge in [0.25, 0.3) is 5.56 Å². The maximum atomic E-state index is 12.1. The van der Waals surface area contributed by atoms with Crippen LogP contribution in [-0.2, 0) is 11.2 Å². The molecule has 1 heterocycles. The van der Waals surface area contributed by atoms with E-state index in [0.29, 0.717) is 41.0 Å². The Bertz CT molecular complexity index is 967. The van der Waals surface area contributed by atoms with Crippen molar-refractivity contribution in [1.29, 1.82) is 0 Å². The summed E-state index contributed by atoms with van der Waals surface area (Å²) < 4.78 is 0. The molecule has 0 aliphatic heterocycles. The Hall–Kier alpha value is -2.66. The second-order valence-corrected chi connectivity index (χ2v) is 6.66. The fourth-order valence-corrected chi connectivity index (χ4v) is 2.94. The Morgan fingerprint density at radius 2 is 1.92 bits per heavy atom. The van der Waals surface area contributed by atoms with Crippen LogP contribution >= 0.6 is 11.6 Å². The lowest BCUT2D eigenvalue weighted by Gasteiger charge is -2.14. The van der Waals surface area contributed by atoms with E-state index >= 15 is 0 Å². The fourth-order valence-electron chi connectivity index (χ4n) is 2.82. The summed E-state index contributed by atoms with van der Waals surface area (Å²) in [6.45, 7) is 1.93. The number of aromatic amines is 1. The Morgan fingerprint density at radius 3 is 2.69 bits per heavy atom. The summed E-state index contributed by atoms with van der Waals surface area (Å²) >= 11 is 5.88. The highest BCUT2D eigenvalue weighted by Crippen LogP contribution is 2.16. The molecular formula is C20H20ClN3O2. The molecule has 0 spiro atoms. The maximum Gasteiger partial charge on any atom is 0.258 e. The van der Waals surface area contributed by atoms with Gasteiger partial charge in [-0.2, -0.15) is 0 Å². The van der Waals surface area contributed by atoms with Crippen molar-refractivity contribution in [2.24, 2.45) is 0 Å². The van der Waals surface area contributed by atoms with E-state index in [9.17, 15) is 9.59 Å². The number of halogens is 1. The number of nitrogens with one attached hydrogen (secondary N) is 2. The topological polar surface area (TPSA) is 74.8 Å². The predicted molar refractivity (Wildman–Crippen MR) is 103 cm³/mol. The SMILES string of the molecule is CC(NC(=O)CCCc1nc2ccccc2c(=O)[nH]1)c1ccc(Cl)cc1. The van der Waals surface area contributed by atoms with E-state index in [4.69, 9.17) is 11.6 Å². The molecule has 2 aromatic carbocycles. The van der Waals surface area contributed by atoms with Gasteiger partial charge >= 0.3 is 0 Å². The molecule has 3 aromatic rings. The van der Waals surface area contributed by atoms with Gasteiger partial charge in [0, 0.05) is 17.9 Å². The molecule has 1 atom stereocenters. The van der Waals surface area contributed by atoms with Gasteiger partial charge in [-0.05, 0) is 43.2 Å². The van der Waals surface area contributed by atoms with Crippen molar-refractivity contribution in [2.75, 3.05) is 0 Å². The Balaban J connectivity index is 1.53. The number of hydrogen-bond acceptors (Lipinski definition) is 3. The van der Waals surface area contributed by atoms with Crippen molar-refractivity contribution in [3.63, 3.8) is 0 Å². The average Bonchev–Trinajstić information content (AvgIpc) is 2.62. The first kappa shape index (κ1) is 18.1. The van der Waals surface area contributed by atoms with Crippen molar-refractivity contribution in [3.8, 4) is 0 Å². The molecule has 2 N–H and O–H groups in total. The molecule has 26 heavy (non-hydrogen) atoms. The molecule has 0 fully saturated rings. The standard InChI is InChI=1S/C20H20ClN3O2/c1-13(14-9-11-15(21)12-10-14)22-19(25)8-4-7-18-23-17-6-3-2-5-16(17)20(26)24-18/h2-3,5-6,9-13H,4,7-8H2,1H3,(H,22,25)(H,23,24,26). The van der Waals surface area contributed by atoms with Crippen LogP contribution in [0.3, 0.4) is 0 Å². The summed E-state index contributed by atoms with van der Waals surface area (Å²) in [6.07, 6.45) is 1.53. The lowest BCUT2D eigenvalue weighted by atomic mass is 10.1. The molecule has 0 aliphatic rings. The highest BCUT2D eigenvalue weighted by atomic mass is 35.5. The first-order valence-corrected chi connectivity index (χ1v) is 8.93. The zero-order valence-electron chi connectivity index (χ0n) is 14.5. The van der Waals surface area contributed by atoms with E-state index in [1.54, 1.807) is 18.2 Å². The molecule has 3 rings (SSSR count). The van der Waals surface area contributed by atoms with Crippen LogP contribution in [0.5, 0.6) is 0 Å². The maximum absolute atomic E-state index is 12.1. The summed E-state index contributed by atoms with van der Waals surface area (Å²) in [5.74, 6) is 0.572. The van der Waals surface area contributed by atoms with Crippen molar-refractivity contribution in [1.82, 2.24) is 15.3 Å². The first-order valence-electron chi connectivity index (χ1n) is 8.55. The molecular weight excluding hydrogens is 350 g/mol. The minimum atomic E-state index is -0.147. The summed E-state index contributed by atoms with van der Waals surface area (Å²) in [7, 11) is 0. The Kier molecular flexibility index (Phi) is 5.68. The molecule has 134 valence electrons. The van der Waals surface area contributed by atoms with Crippen LogP contribution in [0, 0.1) is 0 Å². The second-order valence-electron chi connectivity index (χ2n) is 6.22. The molecule has 1 amide bonds. The van der Waals surface area contributed by atoms with Gasteiger partial charge in [0.1, 0.15) is 5.82 Å². The van der Waals surface area contributed by atoms with Crippen LogP contribution < -0.4 is 10.9 Å². The van der Waals surface area contributed by atoms with Crippen LogP contribution in [0.4, 0.5) is 0 Å². The molecule has 0 aliphatic carbocycles. The fraction of sp³-hybridized carbons (Fsp3) is 0.250. The van der Waals surface area contributed by atoms with Gasteiger partial charge in [-0.25, -0.2) is 4.98 Å². The molecule has 6 heteroatoms. The molecule has 0 radical (unpaired) electrons. The number of aromatic nitrogens is 2. The van der Waals surface area contributed by atoms with Crippen LogP contribution in [-0.4, -0.2) is 15.9 Å². The summed E-state index contributed by atoms with van der Waals surface area (Å²) in [5.41, 5.74) is 1.53. The number of rotatable bonds is 6. The summed E-state index contributed by atoms with van der Waals surface area (Å²) in [6, 6.07) is 14.6.